The lowest BCUT2D eigenvalue weighted by atomic mass is 9.98. The Kier molecular flexibility index (Phi) is 5.03. The topological polar surface area (TPSA) is 69.6 Å². The van der Waals surface area contributed by atoms with E-state index in [2.05, 4.69) is 17.1 Å². The maximum Gasteiger partial charge on any atom is 0.337 e. The Morgan fingerprint density at radius 2 is 1.76 bits per heavy atom. The first-order valence-corrected chi connectivity index (χ1v) is 8.53. The minimum absolute atomic E-state index is 0.111. The molecule has 5 heteroatoms. The van der Waals surface area contributed by atoms with Crippen molar-refractivity contribution in [1.29, 1.82) is 0 Å². The summed E-state index contributed by atoms with van der Waals surface area (Å²) >= 11 is 0. The van der Waals surface area contributed by atoms with E-state index in [0.717, 1.165) is 31.6 Å². The Bertz CT molecular complexity index is 766. The van der Waals surface area contributed by atoms with E-state index >= 15 is 0 Å². The van der Waals surface area contributed by atoms with Crippen molar-refractivity contribution in [2.75, 3.05) is 23.3 Å². The second-order valence-corrected chi connectivity index (χ2v) is 6.52. The number of aromatic carboxylic acids is 1. The number of amides is 1. The van der Waals surface area contributed by atoms with Gasteiger partial charge in [0.25, 0.3) is 5.91 Å². The number of carboxylic acids is 1. The molecule has 2 aromatic rings. The van der Waals surface area contributed by atoms with Crippen LogP contribution in [-0.2, 0) is 0 Å². The van der Waals surface area contributed by atoms with Crippen LogP contribution in [0.2, 0.25) is 0 Å². The molecule has 0 bridgehead atoms. The van der Waals surface area contributed by atoms with Crippen LogP contribution in [-0.4, -0.2) is 30.1 Å². The van der Waals surface area contributed by atoms with Gasteiger partial charge in [-0.25, -0.2) is 4.79 Å². The Hall–Kier alpha value is -2.82. The molecular weight excluding hydrogens is 316 g/mol. The summed E-state index contributed by atoms with van der Waals surface area (Å²) in [5.41, 5.74) is 1.81. The van der Waals surface area contributed by atoms with Crippen molar-refractivity contribution in [2.45, 2.75) is 19.8 Å². The van der Waals surface area contributed by atoms with E-state index in [9.17, 15) is 14.7 Å². The first kappa shape index (κ1) is 17.0. The molecule has 130 valence electrons. The van der Waals surface area contributed by atoms with Gasteiger partial charge in [-0.2, -0.15) is 0 Å². The van der Waals surface area contributed by atoms with Gasteiger partial charge in [-0.15, -0.1) is 0 Å². The first-order valence-electron chi connectivity index (χ1n) is 8.53. The maximum atomic E-state index is 12.3. The summed E-state index contributed by atoms with van der Waals surface area (Å²) < 4.78 is 0. The van der Waals surface area contributed by atoms with E-state index in [1.165, 1.54) is 0 Å². The van der Waals surface area contributed by atoms with Crippen molar-refractivity contribution in [3.8, 4) is 0 Å². The van der Waals surface area contributed by atoms with E-state index in [1.54, 1.807) is 36.4 Å². The fourth-order valence-corrected chi connectivity index (χ4v) is 3.07. The molecular formula is C20H22N2O3. The number of anilines is 2. The highest BCUT2D eigenvalue weighted by molar-refractivity contribution is 6.08. The van der Waals surface area contributed by atoms with Crippen molar-refractivity contribution in [3.05, 3.63) is 59.7 Å². The predicted octanol–water partition coefficient (Wildman–Crippen LogP) is 3.87. The molecule has 0 aliphatic carbocycles. The van der Waals surface area contributed by atoms with Gasteiger partial charge < -0.3 is 15.3 Å². The number of carbonyl (C=O) groups excluding carboxylic acids is 1. The number of nitrogens with one attached hydrogen (secondary N) is 1. The fraction of sp³-hybridized carbons (Fsp3) is 0.300. The maximum absolute atomic E-state index is 12.3. The quantitative estimate of drug-likeness (QED) is 0.888. The highest BCUT2D eigenvalue weighted by Crippen LogP contribution is 2.27. The second-order valence-electron chi connectivity index (χ2n) is 6.52. The molecule has 0 atom stereocenters. The molecule has 5 nitrogen and oxygen atoms in total. The monoisotopic (exact) mass is 338 g/mol. The van der Waals surface area contributed by atoms with Gasteiger partial charge >= 0.3 is 5.97 Å². The molecule has 0 aromatic heterocycles. The molecule has 1 aliphatic heterocycles. The fourth-order valence-electron chi connectivity index (χ4n) is 3.07. The van der Waals surface area contributed by atoms with Gasteiger partial charge in [0.2, 0.25) is 0 Å². The van der Waals surface area contributed by atoms with Gasteiger partial charge in [0, 0.05) is 24.3 Å². The molecule has 0 spiro atoms. The van der Waals surface area contributed by atoms with Gasteiger partial charge in [-0.1, -0.05) is 25.1 Å². The summed E-state index contributed by atoms with van der Waals surface area (Å²) in [4.78, 5) is 26.2. The molecule has 1 saturated heterocycles. The minimum Gasteiger partial charge on any atom is -0.478 e. The van der Waals surface area contributed by atoms with Crippen molar-refractivity contribution in [3.63, 3.8) is 0 Å². The molecule has 2 aromatic carbocycles. The first-order chi connectivity index (χ1) is 12.0. The van der Waals surface area contributed by atoms with Crippen LogP contribution >= 0.6 is 0 Å². The molecule has 25 heavy (non-hydrogen) atoms. The zero-order valence-electron chi connectivity index (χ0n) is 14.2. The lowest BCUT2D eigenvalue weighted by molar-refractivity contribution is 0.0698. The van der Waals surface area contributed by atoms with Crippen LogP contribution in [0.15, 0.2) is 48.5 Å². The lowest BCUT2D eigenvalue weighted by Gasteiger charge is -2.32. The highest BCUT2D eigenvalue weighted by atomic mass is 16.4. The average Bonchev–Trinajstić information content (AvgIpc) is 2.63. The van der Waals surface area contributed by atoms with E-state index in [-0.39, 0.29) is 11.5 Å². The largest absolute Gasteiger partial charge is 0.478 e. The Morgan fingerprint density at radius 3 is 2.40 bits per heavy atom. The van der Waals surface area contributed by atoms with Gasteiger partial charge in [-0.3, -0.25) is 4.79 Å². The molecule has 1 heterocycles. The second kappa shape index (κ2) is 7.38. The van der Waals surface area contributed by atoms with Gasteiger partial charge in [-0.05, 0) is 49.1 Å². The predicted molar refractivity (Wildman–Crippen MR) is 98.4 cm³/mol. The normalized spacial score (nSPS) is 15.0. The number of piperidine rings is 1. The number of carboxylic acid groups (broad SMARTS) is 1. The van der Waals surface area contributed by atoms with Crippen molar-refractivity contribution >= 4 is 23.3 Å². The SMILES string of the molecule is CC1CCN(c2ccc(NC(=O)c3ccccc3)c(C(=O)O)c2)CC1. The summed E-state index contributed by atoms with van der Waals surface area (Å²) in [5, 5.41) is 12.3. The van der Waals surface area contributed by atoms with Gasteiger partial charge in [0.15, 0.2) is 0 Å². The van der Waals surface area contributed by atoms with Crippen molar-refractivity contribution < 1.29 is 14.7 Å². The van der Waals surface area contributed by atoms with Crippen LogP contribution in [0.25, 0.3) is 0 Å². The standard InChI is InChI=1S/C20H22N2O3/c1-14-9-11-22(12-10-14)16-7-8-18(17(13-16)20(24)25)21-19(23)15-5-3-2-4-6-15/h2-8,13-14H,9-12H2,1H3,(H,21,23)(H,24,25). The van der Waals surface area contributed by atoms with Crippen LogP contribution in [0, 0.1) is 5.92 Å². The number of hydrogen-bond donors (Lipinski definition) is 2. The van der Waals surface area contributed by atoms with Crippen LogP contribution in [0.5, 0.6) is 0 Å². The Balaban J connectivity index is 1.82. The summed E-state index contributed by atoms with van der Waals surface area (Å²) in [6.45, 7) is 4.09. The zero-order chi connectivity index (χ0) is 17.8. The number of hydrogen-bond acceptors (Lipinski definition) is 3. The smallest absolute Gasteiger partial charge is 0.337 e. The summed E-state index contributed by atoms with van der Waals surface area (Å²) in [6, 6.07) is 14.0. The van der Waals surface area contributed by atoms with Crippen LogP contribution in [0.1, 0.15) is 40.5 Å². The van der Waals surface area contributed by atoms with E-state index in [4.69, 9.17) is 0 Å². The third kappa shape index (κ3) is 3.99. The molecule has 1 fully saturated rings. The number of carbonyl (C=O) groups is 2. The number of rotatable bonds is 4. The van der Waals surface area contributed by atoms with Crippen LogP contribution in [0.3, 0.4) is 0 Å². The highest BCUT2D eigenvalue weighted by Gasteiger charge is 2.19. The van der Waals surface area contributed by atoms with E-state index in [0.29, 0.717) is 17.2 Å². The Morgan fingerprint density at radius 1 is 1.08 bits per heavy atom. The molecule has 0 unspecified atom stereocenters. The minimum atomic E-state index is -1.05. The van der Waals surface area contributed by atoms with E-state index in [1.807, 2.05) is 12.1 Å². The molecule has 3 rings (SSSR count). The van der Waals surface area contributed by atoms with Gasteiger partial charge in [0.1, 0.15) is 0 Å². The Labute approximate surface area is 147 Å². The average molecular weight is 338 g/mol. The van der Waals surface area contributed by atoms with Gasteiger partial charge in [0.05, 0.1) is 11.3 Å². The zero-order valence-corrected chi connectivity index (χ0v) is 14.2. The van der Waals surface area contributed by atoms with Crippen molar-refractivity contribution in [1.82, 2.24) is 0 Å². The summed E-state index contributed by atoms with van der Waals surface area (Å²) in [6.07, 6.45) is 2.21. The molecule has 0 radical (unpaired) electrons. The number of nitrogens with zero attached hydrogens (tertiary/aromatic N) is 1. The molecule has 2 N–H and O–H groups in total. The van der Waals surface area contributed by atoms with E-state index < -0.39 is 5.97 Å². The third-order valence-electron chi connectivity index (χ3n) is 4.67. The summed E-state index contributed by atoms with van der Waals surface area (Å²) in [5.74, 6) is -0.655. The van der Waals surface area contributed by atoms with Crippen molar-refractivity contribution in [2.24, 2.45) is 5.92 Å². The lowest BCUT2D eigenvalue weighted by Crippen LogP contribution is -2.32. The molecule has 1 amide bonds. The summed E-state index contributed by atoms with van der Waals surface area (Å²) in [7, 11) is 0. The van der Waals surface area contributed by atoms with Crippen LogP contribution < -0.4 is 10.2 Å². The molecule has 1 aliphatic rings. The number of benzene rings is 2. The third-order valence-corrected chi connectivity index (χ3v) is 4.67. The van der Waals surface area contributed by atoms with Crippen LogP contribution in [0.4, 0.5) is 11.4 Å². The molecule has 0 saturated carbocycles.